The number of amides is 2. The molecule has 1 spiro atoms. The Balaban J connectivity index is 1.53. The average Bonchev–Trinajstić information content (AvgIpc) is 3.41. The van der Waals surface area contributed by atoms with Crippen LogP contribution in [0.1, 0.15) is 75.7 Å². The molecule has 0 aromatic carbocycles. The van der Waals surface area contributed by atoms with Gasteiger partial charge in [0.1, 0.15) is 11.1 Å². The van der Waals surface area contributed by atoms with Crippen LogP contribution in [0.2, 0.25) is 0 Å². The molecule has 2 aromatic rings. The number of hydrogen-bond donors (Lipinski definition) is 1. The maximum Gasteiger partial charge on any atom is 0.290 e. The van der Waals surface area contributed by atoms with E-state index < -0.39 is 11.3 Å². The van der Waals surface area contributed by atoms with E-state index in [9.17, 15) is 9.59 Å². The fourth-order valence-corrected chi connectivity index (χ4v) is 5.04. The van der Waals surface area contributed by atoms with Crippen molar-refractivity contribution in [2.24, 2.45) is 0 Å². The van der Waals surface area contributed by atoms with E-state index in [0.29, 0.717) is 43.8 Å². The third-order valence-corrected chi connectivity index (χ3v) is 7.17. The van der Waals surface area contributed by atoms with E-state index in [4.69, 9.17) is 18.9 Å². The molecule has 3 aliphatic rings. The van der Waals surface area contributed by atoms with Gasteiger partial charge < -0.3 is 24.1 Å². The van der Waals surface area contributed by atoms with Crippen molar-refractivity contribution in [2.45, 2.75) is 70.6 Å². The smallest absolute Gasteiger partial charge is 0.290 e. The molecule has 2 amide bonds. The molecule has 8 nitrogen and oxygen atoms in total. The maximum atomic E-state index is 13.4. The van der Waals surface area contributed by atoms with Crippen LogP contribution in [-0.2, 0) is 19.7 Å². The number of rotatable bonds is 2. The van der Waals surface area contributed by atoms with Gasteiger partial charge in [-0.25, -0.2) is 4.98 Å². The van der Waals surface area contributed by atoms with Crippen LogP contribution in [0.4, 0.5) is 0 Å². The Labute approximate surface area is 199 Å². The summed E-state index contributed by atoms with van der Waals surface area (Å²) in [5.74, 6) is -0.745. The van der Waals surface area contributed by atoms with Gasteiger partial charge in [-0.05, 0) is 37.3 Å². The van der Waals surface area contributed by atoms with E-state index in [1.54, 1.807) is 24.8 Å². The molecule has 0 unspecified atom stereocenters. The number of carbonyl (C=O) groups is 2. The van der Waals surface area contributed by atoms with E-state index in [0.717, 1.165) is 29.7 Å². The van der Waals surface area contributed by atoms with Gasteiger partial charge >= 0.3 is 0 Å². The molecule has 2 saturated heterocycles. The normalized spacial score (nSPS) is 22.2. The van der Waals surface area contributed by atoms with Crippen LogP contribution in [-0.4, -0.2) is 59.3 Å². The van der Waals surface area contributed by atoms with Crippen molar-refractivity contribution < 1.29 is 23.5 Å². The van der Waals surface area contributed by atoms with Crippen LogP contribution in [0.5, 0.6) is 0 Å². The predicted molar refractivity (Wildman–Crippen MR) is 127 cm³/mol. The number of pyridine rings is 1. The molecule has 0 radical (unpaired) electrons. The molecule has 5 rings (SSSR count). The highest BCUT2D eigenvalue weighted by Gasteiger charge is 2.42. The van der Waals surface area contributed by atoms with E-state index in [2.05, 4.69) is 38.2 Å². The largest absolute Gasteiger partial charge is 0.449 e. The number of furan rings is 1. The summed E-state index contributed by atoms with van der Waals surface area (Å²) in [5.41, 5.74) is 3.15. The highest BCUT2D eigenvalue weighted by molar-refractivity contribution is 6.00. The average molecular weight is 468 g/mol. The third kappa shape index (κ3) is 3.82. The van der Waals surface area contributed by atoms with Crippen LogP contribution in [0.3, 0.4) is 0 Å². The van der Waals surface area contributed by atoms with Crippen molar-refractivity contribution in [1.29, 1.82) is 0 Å². The summed E-state index contributed by atoms with van der Waals surface area (Å²) in [4.78, 5) is 32.2. The summed E-state index contributed by atoms with van der Waals surface area (Å²) < 4.78 is 17.8. The summed E-state index contributed by atoms with van der Waals surface area (Å²) in [5, 5.41) is 2.83. The second-order valence-electron chi connectivity index (χ2n) is 10.9. The fourth-order valence-electron chi connectivity index (χ4n) is 5.04. The minimum atomic E-state index is -0.951. The Morgan fingerprint density at radius 1 is 1.18 bits per heavy atom. The Morgan fingerprint density at radius 3 is 2.56 bits per heavy atom. The number of hydrogen-bond acceptors (Lipinski definition) is 6. The molecule has 4 heterocycles. The molecule has 2 aromatic heterocycles. The fraction of sp³-hybridized carbons (Fsp3) is 0.577. The summed E-state index contributed by atoms with van der Waals surface area (Å²) in [6, 6.07) is 3.80. The van der Waals surface area contributed by atoms with Crippen molar-refractivity contribution in [3.63, 3.8) is 0 Å². The first-order valence-electron chi connectivity index (χ1n) is 12.0. The van der Waals surface area contributed by atoms with Gasteiger partial charge in [0, 0.05) is 37.6 Å². The molecule has 2 fully saturated rings. The quantitative estimate of drug-likeness (QED) is 0.722. The zero-order valence-electron chi connectivity index (χ0n) is 20.6. The van der Waals surface area contributed by atoms with Crippen LogP contribution in [0.15, 0.2) is 22.6 Å². The SMILES string of the molecule is CC(C)(C)c1cc(C2=CCC3(CC2)OCCO3)nc2cc(C(=O)N3CCNC(=O)C3(C)C)oc12. The Morgan fingerprint density at radius 2 is 1.91 bits per heavy atom. The number of nitrogens with one attached hydrogen (secondary N) is 1. The minimum Gasteiger partial charge on any atom is -0.449 e. The number of fused-ring (bicyclic) bond motifs is 1. The van der Waals surface area contributed by atoms with Gasteiger partial charge in [-0.3, -0.25) is 9.59 Å². The van der Waals surface area contributed by atoms with Crippen molar-refractivity contribution in [3.8, 4) is 0 Å². The highest BCUT2D eigenvalue weighted by Crippen LogP contribution is 2.40. The lowest BCUT2D eigenvalue weighted by Gasteiger charge is -2.40. The first-order valence-corrected chi connectivity index (χ1v) is 12.0. The number of carbonyl (C=O) groups excluding carboxylic acids is 2. The lowest BCUT2D eigenvalue weighted by Crippen LogP contribution is -2.63. The number of aromatic nitrogens is 1. The van der Waals surface area contributed by atoms with Gasteiger partial charge in [-0.15, -0.1) is 0 Å². The first-order chi connectivity index (χ1) is 16.0. The van der Waals surface area contributed by atoms with Crippen molar-refractivity contribution in [1.82, 2.24) is 15.2 Å². The molecule has 2 aliphatic heterocycles. The molecule has 182 valence electrons. The molecule has 1 N–H and O–H groups in total. The monoisotopic (exact) mass is 467 g/mol. The lowest BCUT2D eigenvalue weighted by atomic mass is 9.84. The number of ether oxygens (including phenoxy) is 2. The van der Waals surface area contributed by atoms with Gasteiger partial charge in [0.2, 0.25) is 5.91 Å². The van der Waals surface area contributed by atoms with E-state index >= 15 is 0 Å². The van der Waals surface area contributed by atoms with Crippen LogP contribution in [0, 0.1) is 0 Å². The first kappa shape index (κ1) is 23.1. The zero-order valence-corrected chi connectivity index (χ0v) is 20.6. The van der Waals surface area contributed by atoms with Crippen molar-refractivity contribution in [2.75, 3.05) is 26.3 Å². The molecular formula is C26H33N3O5. The minimum absolute atomic E-state index is 0.170. The van der Waals surface area contributed by atoms with Gasteiger partial charge in [-0.1, -0.05) is 26.8 Å². The highest BCUT2D eigenvalue weighted by atomic mass is 16.7. The van der Waals surface area contributed by atoms with Crippen molar-refractivity contribution in [3.05, 3.63) is 35.2 Å². The number of nitrogens with zero attached hydrogens (tertiary/aromatic N) is 2. The molecular weight excluding hydrogens is 434 g/mol. The molecule has 0 bridgehead atoms. The molecule has 8 heteroatoms. The Kier molecular flexibility index (Phi) is 5.37. The van der Waals surface area contributed by atoms with Crippen LogP contribution >= 0.6 is 0 Å². The van der Waals surface area contributed by atoms with Crippen molar-refractivity contribution >= 4 is 28.5 Å². The maximum absolute atomic E-state index is 13.4. The van der Waals surface area contributed by atoms with Gasteiger partial charge in [0.05, 0.1) is 18.9 Å². The molecule has 1 aliphatic carbocycles. The van der Waals surface area contributed by atoms with Gasteiger partial charge in [0.25, 0.3) is 5.91 Å². The zero-order chi connectivity index (χ0) is 24.3. The topological polar surface area (TPSA) is 93.9 Å². The summed E-state index contributed by atoms with van der Waals surface area (Å²) in [6.07, 6.45) is 4.47. The van der Waals surface area contributed by atoms with E-state index in [1.807, 2.05) is 0 Å². The molecule has 34 heavy (non-hydrogen) atoms. The second kappa shape index (κ2) is 7.92. The predicted octanol–water partition coefficient (Wildman–Crippen LogP) is 3.79. The molecule has 0 atom stereocenters. The van der Waals surface area contributed by atoms with Crippen LogP contribution < -0.4 is 5.32 Å². The van der Waals surface area contributed by atoms with Gasteiger partial charge in [-0.2, -0.15) is 0 Å². The summed E-state index contributed by atoms with van der Waals surface area (Å²) >= 11 is 0. The number of allylic oxidation sites excluding steroid dienone is 1. The standard InChI is InChI=1S/C26H33N3O5/c1-24(2,3)17-14-18(16-6-8-26(9-7-16)32-12-13-33-26)28-19-15-20(34-21(17)19)22(30)29-11-10-27-23(31)25(29,4)5/h6,14-15H,7-13H2,1-5H3,(H,27,31). The Bertz CT molecular complexity index is 1180. The third-order valence-electron chi connectivity index (χ3n) is 7.17. The van der Waals surface area contributed by atoms with Gasteiger partial charge in [0.15, 0.2) is 17.1 Å². The molecule has 0 saturated carbocycles. The second-order valence-corrected chi connectivity index (χ2v) is 10.9. The summed E-state index contributed by atoms with van der Waals surface area (Å²) in [7, 11) is 0. The summed E-state index contributed by atoms with van der Waals surface area (Å²) in [6.45, 7) is 12.0. The Hall–Kier alpha value is -2.71. The lowest BCUT2D eigenvalue weighted by molar-refractivity contribution is -0.159. The number of piperazine rings is 1. The van der Waals surface area contributed by atoms with E-state index in [-0.39, 0.29) is 23.0 Å². The van der Waals surface area contributed by atoms with Crippen LogP contribution in [0.25, 0.3) is 16.7 Å². The van der Waals surface area contributed by atoms with E-state index in [1.165, 1.54) is 0 Å².